The summed E-state index contributed by atoms with van der Waals surface area (Å²) in [5.74, 6) is 1.86. The maximum Gasteiger partial charge on any atom is 0.118 e. The molecule has 0 radical (unpaired) electrons. The van der Waals surface area contributed by atoms with Crippen LogP contribution in [0.1, 0.15) is 22.9 Å². The average molecular weight is 261 g/mol. The molecule has 1 unspecified atom stereocenters. The summed E-state index contributed by atoms with van der Waals surface area (Å²) in [6.07, 6.45) is 2.68. The molecule has 0 bridgehead atoms. The molecule has 0 spiro atoms. The van der Waals surface area contributed by atoms with Crippen molar-refractivity contribution in [3.63, 3.8) is 0 Å². The van der Waals surface area contributed by atoms with Gasteiger partial charge in [0.25, 0.3) is 0 Å². The van der Waals surface area contributed by atoms with Crippen LogP contribution >= 0.6 is 0 Å². The molecule has 2 aromatic heterocycles. The molecule has 0 aliphatic carbocycles. The number of nitrogens with zero attached hydrogens (tertiary/aromatic N) is 3. The van der Waals surface area contributed by atoms with Gasteiger partial charge in [-0.05, 0) is 19.1 Å². The molecule has 19 heavy (non-hydrogen) atoms. The summed E-state index contributed by atoms with van der Waals surface area (Å²) in [5, 5.41) is 9.60. The van der Waals surface area contributed by atoms with E-state index in [0.29, 0.717) is 0 Å². The molecule has 1 aliphatic heterocycles. The first-order valence-corrected chi connectivity index (χ1v) is 6.56. The van der Waals surface area contributed by atoms with Gasteiger partial charge in [-0.1, -0.05) is 0 Å². The zero-order valence-corrected chi connectivity index (χ0v) is 11.3. The third-order valence-corrected chi connectivity index (χ3v) is 3.81. The first-order valence-electron chi connectivity index (χ1n) is 6.56. The summed E-state index contributed by atoms with van der Waals surface area (Å²) in [6, 6.07) is 4.10. The molecule has 0 amide bonds. The van der Waals surface area contributed by atoms with Gasteiger partial charge < -0.3 is 14.1 Å². The highest BCUT2D eigenvalue weighted by Crippen LogP contribution is 2.24. The highest BCUT2D eigenvalue weighted by molar-refractivity contribution is 5.18. The molecule has 3 heterocycles. The lowest BCUT2D eigenvalue weighted by molar-refractivity contribution is 0.0900. The first kappa shape index (κ1) is 12.4. The lowest BCUT2D eigenvalue weighted by Gasteiger charge is -2.33. The molecule has 5 nitrogen and oxygen atoms in total. The van der Waals surface area contributed by atoms with Crippen LogP contribution in [0.5, 0.6) is 0 Å². The Labute approximate surface area is 112 Å². The van der Waals surface area contributed by atoms with Gasteiger partial charge in [0.05, 0.1) is 25.2 Å². The van der Waals surface area contributed by atoms with Crippen molar-refractivity contribution in [1.29, 1.82) is 0 Å². The van der Waals surface area contributed by atoms with E-state index < -0.39 is 0 Å². The van der Waals surface area contributed by atoms with Gasteiger partial charge in [0.15, 0.2) is 0 Å². The number of hydrogen-bond donors (Lipinski definition) is 1. The lowest BCUT2D eigenvalue weighted by atomic mass is 10.0. The fourth-order valence-electron chi connectivity index (χ4n) is 2.71. The SMILES string of the molecule is Cc1ccc(CN2Cc3ncn(C)c3CC2CO)o1. The molecule has 5 heteroatoms. The summed E-state index contributed by atoms with van der Waals surface area (Å²) >= 11 is 0. The number of hydrogen-bond acceptors (Lipinski definition) is 4. The van der Waals surface area contributed by atoms with E-state index in [2.05, 4.69) is 9.88 Å². The molecule has 1 N–H and O–H groups in total. The van der Waals surface area contributed by atoms with Crippen molar-refractivity contribution in [3.8, 4) is 0 Å². The predicted octanol–water partition coefficient (Wildman–Crippen LogP) is 1.24. The highest BCUT2D eigenvalue weighted by Gasteiger charge is 2.28. The van der Waals surface area contributed by atoms with E-state index in [0.717, 1.165) is 36.7 Å². The van der Waals surface area contributed by atoms with Crippen LogP contribution in [0.15, 0.2) is 22.9 Å². The average Bonchev–Trinajstić information content (AvgIpc) is 2.96. The van der Waals surface area contributed by atoms with Crippen molar-refractivity contribution < 1.29 is 9.52 Å². The molecule has 0 fully saturated rings. The number of fused-ring (bicyclic) bond motifs is 1. The van der Waals surface area contributed by atoms with E-state index in [1.807, 2.05) is 37.0 Å². The Morgan fingerprint density at radius 3 is 3.00 bits per heavy atom. The minimum absolute atomic E-state index is 0.133. The number of aryl methyl sites for hydroxylation is 2. The summed E-state index contributed by atoms with van der Waals surface area (Å²) in [4.78, 5) is 6.66. The zero-order valence-electron chi connectivity index (χ0n) is 11.3. The normalized spacial score (nSPS) is 19.6. The summed E-state index contributed by atoms with van der Waals surface area (Å²) in [5.41, 5.74) is 2.33. The van der Waals surface area contributed by atoms with Crippen molar-refractivity contribution in [2.75, 3.05) is 6.61 Å². The number of furan rings is 1. The molecule has 102 valence electrons. The minimum Gasteiger partial charge on any atom is -0.465 e. The van der Waals surface area contributed by atoms with Gasteiger partial charge in [-0.3, -0.25) is 4.90 Å². The lowest BCUT2D eigenvalue weighted by Crippen LogP contribution is -2.42. The highest BCUT2D eigenvalue weighted by atomic mass is 16.3. The summed E-state index contributed by atoms with van der Waals surface area (Å²) < 4.78 is 7.67. The van der Waals surface area contributed by atoms with Crippen LogP contribution in [-0.2, 0) is 26.6 Å². The van der Waals surface area contributed by atoms with Gasteiger partial charge in [0, 0.05) is 31.7 Å². The Morgan fingerprint density at radius 2 is 2.32 bits per heavy atom. The number of rotatable bonds is 3. The summed E-state index contributed by atoms with van der Waals surface area (Å²) in [7, 11) is 2.01. The Hall–Kier alpha value is -1.59. The van der Waals surface area contributed by atoms with Crippen molar-refractivity contribution in [2.45, 2.75) is 32.5 Å². The molecule has 1 aliphatic rings. The van der Waals surface area contributed by atoms with Crippen molar-refractivity contribution >= 4 is 0 Å². The van der Waals surface area contributed by atoms with Gasteiger partial charge >= 0.3 is 0 Å². The topological polar surface area (TPSA) is 54.4 Å². The molecule has 1 atom stereocenters. The predicted molar refractivity (Wildman–Crippen MR) is 70.5 cm³/mol. The first-order chi connectivity index (χ1) is 9.17. The Kier molecular flexibility index (Phi) is 3.16. The maximum absolute atomic E-state index is 9.60. The van der Waals surface area contributed by atoms with Gasteiger partial charge in [-0.2, -0.15) is 0 Å². The van der Waals surface area contributed by atoms with Crippen LogP contribution in [-0.4, -0.2) is 32.2 Å². The second kappa shape index (κ2) is 4.83. The molecular weight excluding hydrogens is 242 g/mol. The molecule has 0 saturated heterocycles. The number of imidazole rings is 1. The van der Waals surface area contributed by atoms with E-state index in [1.165, 1.54) is 5.69 Å². The van der Waals surface area contributed by atoms with Gasteiger partial charge in [-0.15, -0.1) is 0 Å². The molecule has 3 rings (SSSR count). The van der Waals surface area contributed by atoms with Crippen LogP contribution in [0.25, 0.3) is 0 Å². The van der Waals surface area contributed by atoms with Gasteiger partial charge in [-0.25, -0.2) is 4.98 Å². The minimum atomic E-state index is 0.133. The van der Waals surface area contributed by atoms with E-state index in [1.54, 1.807) is 0 Å². The summed E-state index contributed by atoms with van der Waals surface area (Å²) in [6.45, 7) is 3.58. The zero-order chi connectivity index (χ0) is 13.4. The number of aliphatic hydroxyl groups is 1. The second-order valence-corrected chi connectivity index (χ2v) is 5.21. The van der Waals surface area contributed by atoms with Crippen molar-refractivity contribution in [3.05, 3.63) is 41.4 Å². The fraction of sp³-hybridized carbons (Fsp3) is 0.500. The largest absolute Gasteiger partial charge is 0.465 e. The Bertz CT molecular complexity index is 573. The Morgan fingerprint density at radius 1 is 1.47 bits per heavy atom. The third kappa shape index (κ3) is 2.31. The third-order valence-electron chi connectivity index (χ3n) is 3.81. The molecule has 2 aromatic rings. The molecular formula is C14H19N3O2. The van der Waals surface area contributed by atoms with Gasteiger partial charge in [0.1, 0.15) is 11.5 Å². The quantitative estimate of drug-likeness (QED) is 0.903. The van der Waals surface area contributed by atoms with Crippen molar-refractivity contribution in [1.82, 2.24) is 14.5 Å². The van der Waals surface area contributed by atoms with E-state index in [9.17, 15) is 5.11 Å². The number of aliphatic hydroxyl groups excluding tert-OH is 1. The van der Waals surface area contributed by atoms with Crippen LogP contribution in [0.3, 0.4) is 0 Å². The van der Waals surface area contributed by atoms with E-state index in [4.69, 9.17) is 4.42 Å². The van der Waals surface area contributed by atoms with Gasteiger partial charge in [0.2, 0.25) is 0 Å². The van der Waals surface area contributed by atoms with E-state index in [-0.39, 0.29) is 12.6 Å². The standard InChI is InChI=1S/C14H19N3O2/c1-10-3-4-12(19-10)6-17-7-13-14(5-11(17)8-18)16(2)9-15-13/h3-4,9,11,18H,5-8H2,1-2H3. The van der Waals surface area contributed by atoms with Crippen LogP contribution in [0.2, 0.25) is 0 Å². The molecule has 0 saturated carbocycles. The van der Waals surface area contributed by atoms with Crippen LogP contribution in [0, 0.1) is 6.92 Å². The maximum atomic E-state index is 9.60. The second-order valence-electron chi connectivity index (χ2n) is 5.21. The van der Waals surface area contributed by atoms with Crippen LogP contribution in [0.4, 0.5) is 0 Å². The fourth-order valence-corrected chi connectivity index (χ4v) is 2.71. The monoisotopic (exact) mass is 261 g/mol. The smallest absolute Gasteiger partial charge is 0.118 e. The Balaban J connectivity index is 1.81. The van der Waals surface area contributed by atoms with Crippen LogP contribution < -0.4 is 0 Å². The number of aromatic nitrogens is 2. The van der Waals surface area contributed by atoms with E-state index >= 15 is 0 Å². The molecule has 0 aromatic carbocycles. The van der Waals surface area contributed by atoms with Crippen molar-refractivity contribution in [2.24, 2.45) is 7.05 Å².